The minimum absolute atomic E-state index is 0.100. The van der Waals surface area contributed by atoms with E-state index in [1.807, 2.05) is 0 Å². The molecule has 42 heavy (non-hydrogen) atoms. The minimum atomic E-state index is -2.74. The Morgan fingerprint density at radius 3 is 2.36 bits per heavy atom. The number of ketones is 2. The second kappa shape index (κ2) is 8.29. The molecular weight excluding hydrogens is 542 g/mol. The van der Waals surface area contributed by atoms with Crippen LogP contribution in [0.3, 0.4) is 0 Å². The number of phenols is 1. The van der Waals surface area contributed by atoms with Crippen molar-refractivity contribution in [2.75, 3.05) is 21.2 Å². The Morgan fingerprint density at radius 1 is 1.10 bits per heavy atom. The summed E-state index contributed by atoms with van der Waals surface area (Å²) < 4.78 is 5.39. The number of benzene rings is 3. The largest absolute Gasteiger partial charge is 0.509 e. The van der Waals surface area contributed by atoms with Gasteiger partial charge in [-0.05, 0) is 66.5 Å². The monoisotopic (exact) mass is 569 g/mol. The maximum Gasteiger partial charge on any atom is 0.255 e. The molecule has 1 saturated carbocycles. The highest BCUT2D eigenvalue weighted by molar-refractivity contribution is 6.26. The summed E-state index contributed by atoms with van der Waals surface area (Å²) >= 11 is 0. The van der Waals surface area contributed by atoms with Gasteiger partial charge in [-0.15, -0.1) is 0 Å². The summed E-state index contributed by atoms with van der Waals surface area (Å²) in [5, 5.41) is 46.9. The first kappa shape index (κ1) is 27.2. The van der Waals surface area contributed by atoms with Crippen molar-refractivity contribution < 1.29 is 34.4 Å². The van der Waals surface area contributed by atoms with Crippen LogP contribution in [0.4, 0.5) is 0 Å². The molecular formula is C30H27N5O7. The van der Waals surface area contributed by atoms with Gasteiger partial charge in [-0.25, -0.2) is 0 Å². The van der Waals surface area contributed by atoms with Gasteiger partial charge in [-0.3, -0.25) is 19.3 Å². The van der Waals surface area contributed by atoms with E-state index in [-0.39, 0.29) is 16.9 Å². The summed E-state index contributed by atoms with van der Waals surface area (Å²) in [6, 6.07) is 10.3. The first-order chi connectivity index (χ1) is 19.7. The van der Waals surface area contributed by atoms with E-state index < -0.39 is 69.1 Å². The Balaban J connectivity index is 1.80. The van der Waals surface area contributed by atoms with Gasteiger partial charge in [0, 0.05) is 5.39 Å². The van der Waals surface area contributed by atoms with E-state index in [4.69, 9.17) is 21.9 Å². The van der Waals surface area contributed by atoms with Crippen LogP contribution < -0.4 is 21.9 Å². The zero-order valence-corrected chi connectivity index (χ0v) is 22.8. The molecule has 3 aliphatic carbocycles. The minimum Gasteiger partial charge on any atom is -0.509 e. The van der Waals surface area contributed by atoms with Crippen LogP contribution in [0, 0.1) is 16.7 Å². The number of ether oxygens (including phenoxy) is 1. The second-order valence-corrected chi connectivity index (χ2v) is 11.3. The number of aliphatic hydroxyl groups is 2. The number of nitrogens with two attached hydrogens (primary N) is 3. The van der Waals surface area contributed by atoms with Crippen LogP contribution in [0.25, 0.3) is 27.3 Å². The molecule has 0 radical (unpaired) electrons. The molecule has 12 nitrogen and oxygen atoms in total. The number of Topliss-reactive ketones (excluding diaryl/α,β-unsaturated/α-hetero) is 2. The molecule has 0 bridgehead atoms. The average Bonchev–Trinajstić information content (AvgIpc) is 2.90. The van der Waals surface area contributed by atoms with Crippen molar-refractivity contribution in [1.29, 1.82) is 5.26 Å². The number of nitriles is 1. The van der Waals surface area contributed by atoms with Gasteiger partial charge in [0.15, 0.2) is 17.0 Å². The number of rotatable bonds is 3. The standard InChI is InChI=1S/C30H27N5O7/c1-35(2)24-23(38)20(27(32)41)25(39)28(11-31)26(40)21-22(37)19-17(36)7-6-15-14-5-4-13(42-3)8-12(14)9-16(18(15)19)29(21,33)10-30(24,28)34/h4-9,24,36-37,39H,10,33-34H2,1-3H3,(H2,32,41)/t24-,28+,29+,30-/m1/s1. The number of carbonyl (C=O) groups is 3. The van der Waals surface area contributed by atoms with Gasteiger partial charge in [0.05, 0.1) is 41.4 Å². The first-order valence-corrected chi connectivity index (χ1v) is 12.9. The predicted octanol–water partition coefficient (Wildman–Crippen LogP) is 1.13. The number of aromatic hydroxyl groups is 1. The van der Waals surface area contributed by atoms with E-state index >= 15 is 0 Å². The van der Waals surface area contributed by atoms with Gasteiger partial charge in [-0.2, -0.15) is 5.26 Å². The van der Waals surface area contributed by atoms with E-state index in [1.54, 1.807) is 36.4 Å². The molecule has 1 fully saturated rings. The number of fused-ring (bicyclic) bond motifs is 5. The van der Waals surface area contributed by atoms with Crippen molar-refractivity contribution in [3.63, 3.8) is 0 Å². The number of hydrogen-bond acceptors (Lipinski definition) is 11. The topological polar surface area (TPSA) is 226 Å². The number of amides is 1. The van der Waals surface area contributed by atoms with E-state index in [1.165, 1.54) is 32.2 Å². The van der Waals surface area contributed by atoms with Crippen molar-refractivity contribution in [3.05, 3.63) is 64.4 Å². The van der Waals surface area contributed by atoms with Crippen molar-refractivity contribution >= 4 is 44.8 Å². The summed E-state index contributed by atoms with van der Waals surface area (Å²) in [7, 11) is 4.43. The Hall–Kier alpha value is -4.96. The molecule has 9 N–H and O–H groups in total. The van der Waals surface area contributed by atoms with E-state index in [2.05, 4.69) is 0 Å². The van der Waals surface area contributed by atoms with Crippen LogP contribution in [0.1, 0.15) is 17.5 Å². The Bertz CT molecular complexity index is 1940. The van der Waals surface area contributed by atoms with E-state index in [0.29, 0.717) is 21.9 Å². The molecule has 0 heterocycles. The summed E-state index contributed by atoms with van der Waals surface area (Å²) in [5.74, 6) is -5.30. The normalized spacial score (nSPS) is 28.6. The number of methoxy groups -OCH3 is 1. The zero-order chi connectivity index (χ0) is 30.7. The predicted molar refractivity (Wildman–Crippen MR) is 151 cm³/mol. The summed E-state index contributed by atoms with van der Waals surface area (Å²) in [5.41, 5.74) is 11.4. The third-order valence-electron chi connectivity index (χ3n) is 9.04. The fourth-order valence-electron chi connectivity index (χ4n) is 7.35. The molecule has 0 unspecified atom stereocenters. The van der Waals surface area contributed by atoms with Crippen LogP contribution in [-0.4, -0.2) is 70.5 Å². The highest BCUT2D eigenvalue weighted by Crippen LogP contribution is 2.61. The van der Waals surface area contributed by atoms with Gasteiger partial charge < -0.3 is 37.3 Å². The van der Waals surface area contributed by atoms with Crippen LogP contribution in [-0.2, 0) is 19.9 Å². The molecule has 3 aromatic carbocycles. The lowest BCUT2D eigenvalue weighted by molar-refractivity contribution is -0.139. The molecule has 0 aromatic heterocycles. The Labute approximate surface area is 238 Å². The fraction of sp³-hybridized carbons (Fsp3) is 0.267. The third-order valence-corrected chi connectivity index (χ3v) is 9.04. The van der Waals surface area contributed by atoms with Gasteiger partial charge in [-0.1, -0.05) is 12.1 Å². The Morgan fingerprint density at radius 2 is 1.76 bits per heavy atom. The van der Waals surface area contributed by atoms with Crippen molar-refractivity contribution in [2.24, 2.45) is 22.6 Å². The highest BCUT2D eigenvalue weighted by atomic mass is 16.5. The van der Waals surface area contributed by atoms with Crippen LogP contribution >= 0.6 is 0 Å². The lowest BCUT2D eigenvalue weighted by atomic mass is 9.46. The molecule has 3 aliphatic rings. The molecule has 12 heteroatoms. The lowest BCUT2D eigenvalue weighted by Crippen LogP contribution is -2.79. The molecule has 0 saturated heterocycles. The van der Waals surface area contributed by atoms with Gasteiger partial charge in [0.2, 0.25) is 0 Å². The van der Waals surface area contributed by atoms with Gasteiger partial charge in [0.1, 0.15) is 28.6 Å². The van der Waals surface area contributed by atoms with E-state index in [0.717, 1.165) is 5.39 Å². The number of aliphatic hydroxyl groups excluding tert-OH is 2. The molecule has 1 amide bonds. The molecule has 6 rings (SSSR count). The fourth-order valence-corrected chi connectivity index (χ4v) is 7.35. The second-order valence-electron chi connectivity index (χ2n) is 11.3. The number of carbonyl (C=O) groups excluding carboxylic acids is 3. The first-order valence-electron chi connectivity index (χ1n) is 12.9. The van der Waals surface area contributed by atoms with Crippen molar-refractivity contribution in [1.82, 2.24) is 4.90 Å². The molecule has 214 valence electrons. The maximum atomic E-state index is 14.6. The highest BCUT2D eigenvalue weighted by Gasteiger charge is 2.75. The zero-order valence-electron chi connectivity index (χ0n) is 22.8. The summed E-state index contributed by atoms with van der Waals surface area (Å²) in [4.78, 5) is 42.0. The molecule has 3 aromatic rings. The summed E-state index contributed by atoms with van der Waals surface area (Å²) in [6.07, 6.45) is -0.511. The lowest BCUT2D eigenvalue weighted by Gasteiger charge is -2.58. The summed E-state index contributed by atoms with van der Waals surface area (Å²) in [6.45, 7) is 0. The average molecular weight is 570 g/mol. The number of phenolic OH excluding ortho intramolecular Hbond substituents is 1. The number of nitrogens with zero attached hydrogens (tertiary/aromatic N) is 2. The van der Waals surface area contributed by atoms with Gasteiger partial charge >= 0.3 is 0 Å². The van der Waals surface area contributed by atoms with Crippen LogP contribution in [0.15, 0.2) is 53.3 Å². The van der Waals surface area contributed by atoms with Gasteiger partial charge in [0.25, 0.3) is 5.91 Å². The van der Waals surface area contributed by atoms with E-state index in [9.17, 15) is 35.0 Å². The number of likely N-dealkylation sites (N-methyl/N-ethyl adjacent to an activating group) is 1. The van der Waals surface area contributed by atoms with Crippen LogP contribution in [0.5, 0.6) is 11.5 Å². The smallest absolute Gasteiger partial charge is 0.255 e. The van der Waals surface area contributed by atoms with Crippen molar-refractivity contribution in [2.45, 2.75) is 23.5 Å². The molecule has 4 atom stereocenters. The van der Waals surface area contributed by atoms with Crippen molar-refractivity contribution in [3.8, 4) is 17.6 Å². The Kier molecular flexibility index (Phi) is 5.38. The molecule has 0 aliphatic heterocycles. The SMILES string of the molecule is COc1ccc2c(c1)cc1c3c(c(O)ccc32)C(O)=C2C(=O)[C@]3(C#N)C(O)=C(C(N)=O)C(=O)[C@@H](N(C)C)[C@]3(N)C[C@@]21N. The maximum absolute atomic E-state index is 14.6. The third kappa shape index (κ3) is 2.87. The molecule has 0 spiro atoms. The number of primary amides is 1. The quantitative estimate of drug-likeness (QED) is 0.194. The van der Waals surface area contributed by atoms with Crippen LogP contribution in [0.2, 0.25) is 0 Å². The number of hydrogen-bond donors (Lipinski definition) is 6.